The van der Waals surface area contributed by atoms with Crippen LogP contribution in [0.3, 0.4) is 0 Å². The van der Waals surface area contributed by atoms with Crippen LogP contribution in [0.4, 0.5) is 0 Å². The van der Waals surface area contributed by atoms with Crippen LogP contribution in [0.15, 0.2) is 40.0 Å². The van der Waals surface area contributed by atoms with Gasteiger partial charge in [-0.2, -0.15) is 0 Å². The molecule has 2 rings (SSSR count). The van der Waals surface area contributed by atoms with Gasteiger partial charge in [0.2, 0.25) is 0 Å². The Morgan fingerprint density at radius 1 is 1.10 bits per heavy atom. The summed E-state index contributed by atoms with van der Waals surface area (Å²) in [6.45, 7) is 0. The highest BCUT2D eigenvalue weighted by molar-refractivity contribution is 9.10. The highest BCUT2D eigenvalue weighted by Crippen LogP contribution is 2.38. The molecule has 4 nitrogen and oxygen atoms in total. The fourth-order valence-corrected chi connectivity index (χ4v) is 2.72. The largest absolute Gasteiger partial charge is 0.455 e. The van der Waals surface area contributed by atoms with Gasteiger partial charge in [-0.3, -0.25) is 0 Å². The smallest absolute Gasteiger partial charge is 0.175 e. The predicted octanol–water partition coefficient (Wildman–Crippen LogP) is 5.30. The molecule has 0 atom stereocenters. The van der Waals surface area contributed by atoms with Crippen LogP contribution in [0.5, 0.6) is 11.5 Å². The maximum Gasteiger partial charge on any atom is 0.175 e. The molecular weight excluding hydrogens is 402 g/mol. The van der Waals surface area contributed by atoms with E-state index in [0.29, 0.717) is 31.6 Å². The van der Waals surface area contributed by atoms with E-state index < -0.39 is 0 Å². The van der Waals surface area contributed by atoms with Crippen molar-refractivity contribution in [3.05, 3.63) is 55.4 Å². The summed E-state index contributed by atoms with van der Waals surface area (Å²) in [5, 5.41) is 12.7. The van der Waals surface area contributed by atoms with E-state index in [1.54, 1.807) is 18.2 Å². The van der Waals surface area contributed by atoms with Gasteiger partial charge in [-0.05, 0) is 34.1 Å². The van der Waals surface area contributed by atoms with E-state index >= 15 is 0 Å². The second-order valence-electron chi connectivity index (χ2n) is 3.90. The minimum absolute atomic E-state index is 0.103. The quantitative estimate of drug-likeness (QED) is 0.237. The van der Waals surface area contributed by atoms with Gasteiger partial charge in [-0.1, -0.05) is 46.0 Å². The lowest BCUT2D eigenvalue weighted by Gasteiger charge is -2.13. The second-order valence-corrected chi connectivity index (χ2v) is 5.97. The lowest BCUT2D eigenvalue weighted by atomic mass is 10.2. The number of hydrogen-bond acceptors (Lipinski definition) is 3. The average Bonchev–Trinajstić information content (AvgIpc) is 2.44. The Morgan fingerprint density at radius 3 is 2.43 bits per heavy atom. The Bertz CT molecular complexity index is 723. The summed E-state index contributed by atoms with van der Waals surface area (Å²) in [6, 6.07) is 8.08. The highest BCUT2D eigenvalue weighted by atomic mass is 79.9. The van der Waals surface area contributed by atoms with Gasteiger partial charge in [0, 0.05) is 10.5 Å². The van der Waals surface area contributed by atoms with Crippen molar-refractivity contribution in [3.63, 3.8) is 0 Å². The van der Waals surface area contributed by atoms with Crippen molar-refractivity contribution in [2.24, 2.45) is 10.9 Å². The SMILES string of the molecule is N/C(=N/O)c1c(Br)cccc1Oc1cc(Cl)c(Cl)cc1Cl. The van der Waals surface area contributed by atoms with Gasteiger partial charge in [0.15, 0.2) is 5.84 Å². The van der Waals surface area contributed by atoms with Crippen LogP contribution in [-0.4, -0.2) is 11.0 Å². The minimum Gasteiger partial charge on any atom is -0.455 e. The summed E-state index contributed by atoms with van der Waals surface area (Å²) in [7, 11) is 0. The van der Waals surface area contributed by atoms with E-state index in [0.717, 1.165) is 0 Å². The third-order valence-electron chi connectivity index (χ3n) is 2.53. The van der Waals surface area contributed by atoms with Crippen LogP contribution in [0.1, 0.15) is 5.56 Å². The summed E-state index contributed by atoms with van der Waals surface area (Å²) in [4.78, 5) is 0. The molecule has 0 radical (unpaired) electrons. The van der Waals surface area contributed by atoms with Crippen molar-refractivity contribution >= 4 is 56.6 Å². The summed E-state index contributed by atoms with van der Waals surface area (Å²) in [5.74, 6) is 0.546. The number of oxime groups is 1. The number of nitrogens with zero attached hydrogens (tertiary/aromatic N) is 1. The number of amidine groups is 1. The lowest BCUT2D eigenvalue weighted by molar-refractivity contribution is 0.318. The normalized spacial score (nSPS) is 11.5. The van der Waals surface area contributed by atoms with Gasteiger partial charge >= 0.3 is 0 Å². The number of ether oxygens (including phenoxy) is 1. The van der Waals surface area contributed by atoms with Crippen molar-refractivity contribution in [1.29, 1.82) is 0 Å². The molecule has 0 amide bonds. The Kier molecular flexibility index (Phi) is 5.22. The van der Waals surface area contributed by atoms with Gasteiger partial charge in [0.25, 0.3) is 0 Å². The third kappa shape index (κ3) is 3.55. The van der Waals surface area contributed by atoms with Crippen LogP contribution in [-0.2, 0) is 0 Å². The second kappa shape index (κ2) is 6.75. The number of rotatable bonds is 3. The molecule has 0 fully saturated rings. The summed E-state index contributed by atoms with van der Waals surface area (Å²) in [5.41, 5.74) is 6.04. The molecule has 2 aromatic carbocycles. The zero-order valence-corrected chi connectivity index (χ0v) is 14.1. The standard InChI is InChI=1S/C13H8BrCl3N2O2/c14-6-2-1-3-10(12(6)13(18)19-20)21-11-5-8(16)7(15)4-9(11)17/h1-5,20H,(H2,18,19). The van der Waals surface area contributed by atoms with Gasteiger partial charge < -0.3 is 15.7 Å². The summed E-state index contributed by atoms with van der Waals surface area (Å²) >= 11 is 21.2. The molecule has 8 heteroatoms. The van der Waals surface area contributed by atoms with Crippen molar-refractivity contribution in [2.45, 2.75) is 0 Å². The molecule has 21 heavy (non-hydrogen) atoms. The first kappa shape index (κ1) is 16.2. The third-order valence-corrected chi connectivity index (χ3v) is 4.21. The number of halogens is 4. The Labute approximate surface area is 144 Å². The molecular formula is C13H8BrCl3N2O2. The van der Waals surface area contributed by atoms with Crippen molar-refractivity contribution in [1.82, 2.24) is 0 Å². The van der Waals surface area contributed by atoms with Crippen LogP contribution in [0.25, 0.3) is 0 Å². The lowest BCUT2D eigenvalue weighted by Crippen LogP contribution is -2.15. The fourth-order valence-electron chi connectivity index (χ4n) is 1.59. The van der Waals surface area contributed by atoms with Gasteiger partial charge in [0.1, 0.15) is 11.5 Å². The van der Waals surface area contributed by atoms with E-state index in [9.17, 15) is 0 Å². The number of hydrogen-bond donors (Lipinski definition) is 2. The molecule has 0 saturated heterocycles. The molecule has 0 aliphatic heterocycles. The van der Waals surface area contributed by atoms with Gasteiger partial charge in [0.05, 0.1) is 20.6 Å². The Balaban J connectivity index is 2.50. The zero-order valence-electron chi connectivity index (χ0n) is 10.3. The van der Waals surface area contributed by atoms with E-state index in [-0.39, 0.29) is 10.9 Å². The van der Waals surface area contributed by atoms with Crippen molar-refractivity contribution in [3.8, 4) is 11.5 Å². The molecule has 0 aliphatic carbocycles. The predicted molar refractivity (Wildman–Crippen MR) is 88.2 cm³/mol. The first-order chi connectivity index (χ1) is 9.93. The fraction of sp³-hybridized carbons (Fsp3) is 0. The number of benzene rings is 2. The summed E-state index contributed by atoms with van der Waals surface area (Å²) < 4.78 is 6.31. The van der Waals surface area contributed by atoms with E-state index in [1.165, 1.54) is 12.1 Å². The van der Waals surface area contributed by atoms with Crippen LogP contribution >= 0.6 is 50.7 Å². The van der Waals surface area contributed by atoms with Gasteiger partial charge in [-0.15, -0.1) is 0 Å². The van der Waals surface area contributed by atoms with Crippen LogP contribution in [0.2, 0.25) is 15.1 Å². The summed E-state index contributed by atoms with van der Waals surface area (Å²) in [6.07, 6.45) is 0. The first-order valence-electron chi connectivity index (χ1n) is 5.53. The minimum atomic E-state index is -0.103. The molecule has 0 aromatic heterocycles. The van der Waals surface area contributed by atoms with E-state index in [2.05, 4.69) is 21.1 Å². The Hall–Kier alpha value is -1.14. The van der Waals surface area contributed by atoms with Crippen LogP contribution < -0.4 is 10.5 Å². The van der Waals surface area contributed by atoms with Crippen molar-refractivity contribution in [2.75, 3.05) is 0 Å². The molecule has 0 unspecified atom stereocenters. The molecule has 110 valence electrons. The molecule has 0 heterocycles. The Morgan fingerprint density at radius 2 is 1.76 bits per heavy atom. The molecule has 2 aromatic rings. The first-order valence-corrected chi connectivity index (χ1v) is 7.45. The topological polar surface area (TPSA) is 67.8 Å². The molecule has 0 bridgehead atoms. The van der Waals surface area contributed by atoms with E-state index in [4.69, 9.17) is 50.5 Å². The highest BCUT2D eigenvalue weighted by Gasteiger charge is 2.15. The molecule has 0 spiro atoms. The molecule has 3 N–H and O–H groups in total. The van der Waals surface area contributed by atoms with Gasteiger partial charge in [-0.25, -0.2) is 0 Å². The van der Waals surface area contributed by atoms with E-state index in [1.807, 2.05) is 0 Å². The average molecular weight is 410 g/mol. The molecule has 0 saturated carbocycles. The number of nitrogens with two attached hydrogens (primary N) is 1. The van der Waals surface area contributed by atoms with Crippen molar-refractivity contribution < 1.29 is 9.94 Å². The van der Waals surface area contributed by atoms with Crippen LogP contribution in [0, 0.1) is 0 Å². The maximum atomic E-state index is 8.86. The zero-order chi connectivity index (χ0) is 15.6. The monoisotopic (exact) mass is 408 g/mol. The molecule has 0 aliphatic rings. The maximum absolute atomic E-state index is 8.86.